The van der Waals surface area contributed by atoms with Crippen LogP contribution >= 0.6 is 11.6 Å². The van der Waals surface area contributed by atoms with Crippen LogP contribution in [0.2, 0.25) is 0 Å². The van der Waals surface area contributed by atoms with Crippen molar-refractivity contribution in [3.8, 4) is 0 Å². The molecule has 13 heavy (non-hydrogen) atoms. The Morgan fingerprint density at radius 1 is 1.54 bits per heavy atom. The van der Waals surface area contributed by atoms with E-state index >= 15 is 0 Å². The number of halogens is 1. The molecular weight excluding hydrogens is 188 g/mol. The Labute approximate surface area is 82.9 Å². The summed E-state index contributed by atoms with van der Waals surface area (Å²) < 4.78 is 5.34. The third-order valence-corrected chi connectivity index (χ3v) is 3.59. The molecule has 2 unspecified atom stereocenters. The number of rotatable bonds is 0. The predicted octanol–water partition coefficient (Wildman–Crippen LogP) is 2.41. The highest BCUT2D eigenvalue weighted by Crippen LogP contribution is 2.44. The Balaban J connectivity index is 2.20. The summed E-state index contributed by atoms with van der Waals surface area (Å²) >= 11 is 6.19. The van der Waals surface area contributed by atoms with Crippen LogP contribution in [0.5, 0.6) is 0 Å². The van der Waals surface area contributed by atoms with E-state index < -0.39 is 5.60 Å². The first-order valence-electron chi connectivity index (χ1n) is 4.69. The van der Waals surface area contributed by atoms with E-state index in [0.29, 0.717) is 12.0 Å². The van der Waals surface area contributed by atoms with Crippen molar-refractivity contribution in [3.63, 3.8) is 0 Å². The molecule has 1 heterocycles. The van der Waals surface area contributed by atoms with Gasteiger partial charge in [0, 0.05) is 12.0 Å². The van der Waals surface area contributed by atoms with Crippen molar-refractivity contribution < 1.29 is 9.53 Å². The molecule has 1 spiro atoms. The fourth-order valence-corrected chi connectivity index (χ4v) is 2.59. The highest BCUT2D eigenvalue weighted by atomic mass is 35.5. The third kappa shape index (κ3) is 1.37. The minimum absolute atomic E-state index is 0.0237. The molecule has 1 aliphatic carbocycles. The van der Waals surface area contributed by atoms with Gasteiger partial charge in [-0.3, -0.25) is 0 Å². The van der Waals surface area contributed by atoms with Gasteiger partial charge in [-0.25, -0.2) is 4.79 Å². The van der Waals surface area contributed by atoms with Gasteiger partial charge in [-0.2, -0.15) is 0 Å². The van der Waals surface area contributed by atoms with Crippen molar-refractivity contribution >= 4 is 17.6 Å². The number of carbonyl (C=O) groups excluding carboxylic acids is 1. The molecule has 2 fully saturated rings. The second-order valence-corrected chi connectivity index (χ2v) is 4.47. The maximum atomic E-state index is 11.2. The van der Waals surface area contributed by atoms with Gasteiger partial charge in [-0.05, 0) is 19.3 Å². The summed E-state index contributed by atoms with van der Waals surface area (Å²) in [7, 11) is 0. The lowest BCUT2D eigenvalue weighted by molar-refractivity contribution is -0.148. The van der Waals surface area contributed by atoms with Crippen molar-refractivity contribution in [2.24, 2.45) is 0 Å². The minimum Gasteiger partial charge on any atom is -0.454 e. The summed E-state index contributed by atoms with van der Waals surface area (Å²) in [4.78, 5) is 11.2. The van der Waals surface area contributed by atoms with E-state index in [1.54, 1.807) is 0 Å². The Morgan fingerprint density at radius 3 is 2.85 bits per heavy atom. The van der Waals surface area contributed by atoms with Crippen molar-refractivity contribution in [1.82, 2.24) is 0 Å². The Kier molecular flexibility index (Phi) is 2.11. The Bertz CT molecular complexity index is 244. The molecule has 0 aromatic carbocycles. The maximum Gasteiger partial charge on any atom is 0.334 e. The van der Waals surface area contributed by atoms with Crippen molar-refractivity contribution in [1.29, 1.82) is 0 Å². The molecule has 0 amide bonds. The van der Waals surface area contributed by atoms with E-state index in [-0.39, 0.29) is 11.3 Å². The van der Waals surface area contributed by atoms with Crippen LogP contribution in [0.3, 0.4) is 0 Å². The highest BCUT2D eigenvalue weighted by Gasteiger charge is 2.49. The fraction of sp³-hybridized carbons (Fsp3) is 0.700. The van der Waals surface area contributed by atoms with E-state index in [2.05, 4.69) is 6.58 Å². The summed E-state index contributed by atoms with van der Waals surface area (Å²) in [5.74, 6) is -0.257. The molecule has 1 saturated heterocycles. The zero-order chi connectivity index (χ0) is 9.47. The first kappa shape index (κ1) is 9.07. The fourth-order valence-electron chi connectivity index (χ4n) is 2.21. The Morgan fingerprint density at radius 2 is 2.31 bits per heavy atom. The molecule has 1 saturated carbocycles. The zero-order valence-corrected chi connectivity index (χ0v) is 8.27. The average molecular weight is 201 g/mol. The number of carbonyl (C=O) groups is 1. The number of ether oxygens (including phenoxy) is 1. The number of alkyl halides is 1. The number of esters is 1. The van der Waals surface area contributed by atoms with Crippen molar-refractivity contribution in [2.45, 2.75) is 43.1 Å². The zero-order valence-electron chi connectivity index (χ0n) is 7.51. The number of hydrogen-bond acceptors (Lipinski definition) is 2. The largest absolute Gasteiger partial charge is 0.454 e. The summed E-state index contributed by atoms with van der Waals surface area (Å²) in [6, 6.07) is 0. The van der Waals surface area contributed by atoms with Gasteiger partial charge < -0.3 is 4.74 Å². The molecule has 0 radical (unpaired) electrons. The molecule has 3 heteroatoms. The molecule has 2 aliphatic rings. The normalized spacial score (nSPS) is 39.6. The number of hydrogen-bond donors (Lipinski definition) is 0. The second kappa shape index (κ2) is 3.02. The minimum atomic E-state index is -0.409. The van der Waals surface area contributed by atoms with Gasteiger partial charge in [-0.15, -0.1) is 11.6 Å². The molecule has 0 N–H and O–H groups in total. The van der Waals surface area contributed by atoms with Crippen LogP contribution in [-0.4, -0.2) is 16.9 Å². The lowest BCUT2D eigenvalue weighted by atomic mass is 9.82. The second-order valence-electron chi connectivity index (χ2n) is 3.95. The molecule has 0 aromatic heterocycles. The first-order chi connectivity index (χ1) is 6.14. The molecule has 0 aromatic rings. The predicted molar refractivity (Wildman–Crippen MR) is 50.7 cm³/mol. The van der Waals surface area contributed by atoms with E-state index in [1.807, 2.05) is 0 Å². The molecule has 2 rings (SSSR count). The van der Waals surface area contributed by atoms with E-state index in [0.717, 1.165) is 25.7 Å². The first-order valence-corrected chi connectivity index (χ1v) is 5.13. The quantitative estimate of drug-likeness (QED) is 0.341. The lowest BCUT2D eigenvalue weighted by Crippen LogP contribution is -2.41. The molecule has 2 atom stereocenters. The van der Waals surface area contributed by atoms with Gasteiger partial charge in [0.05, 0.1) is 5.38 Å². The highest BCUT2D eigenvalue weighted by molar-refractivity contribution is 6.21. The lowest BCUT2D eigenvalue weighted by Gasteiger charge is -2.35. The molecule has 0 bridgehead atoms. The molecule has 2 nitrogen and oxygen atoms in total. The van der Waals surface area contributed by atoms with Crippen LogP contribution in [0.25, 0.3) is 0 Å². The van der Waals surface area contributed by atoms with E-state index in [4.69, 9.17) is 16.3 Å². The van der Waals surface area contributed by atoms with Gasteiger partial charge in [-0.1, -0.05) is 13.0 Å². The van der Waals surface area contributed by atoms with Crippen LogP contribution in [0, 0.1) is 0 Å². The topological polar surface area (TPSA) is 26.3 Å². The molecule has 1 aliphatic heterocycles. The maximum absolute atomic E-state index is 11.2. The summed E-state index contributed by atoms with van der Waals surface area (Å²) in [6.07, 6.45) is 4.71. The van der Waals surface area contributed by atoms with Gasteiger partial charge in [0.2, 0.25) is 0 Å². The van der Waals surface area contributed by atoms with E-state index in [1.165, 1.54) is 0 Å². The monoisotopic (exact) mass is 200 g/mol. The summed E-state index contributed by atoms with van der Waals surface area (Å²) in [6.45, 7) is 3.69. The van der Waals surface area contributed by atoms with Crippen LogP contribution in [0.1, 0.15) is 32.1 Å². The SMILES string of the molecule is C=C1CC2(CCCCC2Cl)OC1=O. The van der Waals surface area contributed by atoms with Gasteiger partial charge >= 0.3 is 5.97 Å². The summed E-state index contributed by atoms with van der Waals surface area (Å²) in [5.41, 5.74) is 0.168. The van der Waals surface area contributed by atoms with Crippen molar-refractivity contribution in [3.05, 3.63) is 12.2 Å². The third-order valence-electron chi connectivity index (χ3n) is 2.98. The molecular formula is C10H13ClO2. The van der Waals surface area contributed by atoms with Crippen LogP contribution < -0.4 is 0 Å². The van der Waals surface area contributed by atoms with Crippen molar-refractivity contribution in [2.75, 3.05) is 0 Å². The van der Waals surface area contributed by atoms with Gasteiger partial charge in [0.1, 0.15) is 5.60 Å². The van der Waals surface area contributed by atoms with E-state index in [9.17, 15) is 4.79 Å². The Hall–Kier alpha value is -0.500. The van der Waals surface area contributed by atoms with Crippen LogP contribution in [0.4, 0.5) is 0 Å². The average Bonchev–Trinajstić information content (AvgIpc) is 2.36. The van der Waals surface area contributed by atoms with Crippen LogP contribution in [0.15, 0.2) is 12.2 Å². The molecule has 72 valence electrons. The van der Waals surface area contributed by atoms with Gasteiger partial charge in [0.15, 0.2) is 0 Å². The van der Waals surface area contributed by atoms with Crippen LogP contribution in [-0.2, 0) is 9.53 Å². The van der Waals surface area contributed by atoms with Gasteiger partial charge in [0.25, 0.3) is 0 Å². The smallest absolute Gasteiger partial charge is 0.334 e. The standard InChI is InChI=1S/C10H13ClO2/c1-7-6-10(13-9(7)12)5-3-2-4-8(10)11/h8H,1-6H2. The summed E-state index contributed by atoms with van der Waals surface area (Å²) in [5, 5.41) is -0.0237.